The molecule has 0 saturated carbocycles. The number of nitrogens with zero attached hydrogens (tertiary/aromatic N) is 5. The van der Waals surface area contributed by atoms with Crippen LogP contribution in [0.15, 0.2) is 24.5 Å². The van der Waals surface area contributed by atoms with Crippen LogP contribution in [-0.2, 0) is 0 Å². The summed E-state index contributed by atoms with van der Waals surface area (Å²) in [5, 5.41) is 17.4. The van der Waals surface area contributed by atoms with E-state index in [1.54, 1.807) is 11.2 Å². The second-order valence-electron chi connectivity index (χ2n) is 5.22. The molecule has 0 amide bonds. The van der Waals surface area contributed by atoms with Crippen LogP contribution in [0.4, 0.5) is 0 Å². The quantitative estimate of drug-likeness (QED) is 0.695. The molecule has 7 heteroatoms. The van der Waals surface area contributed by atoms with Gasteiger partial charge >= 0.3 is 0 Å². The topological polar surface area (TPSA) is 97.3 Å². The minimum absolute atomic E-state index is 0.252. The second-order valence-corrected chi connectivity index (χ2v) is 5.22. The van der Waals surface area contributed by atoms with Gasteiger partial charge in [0.05, 0.1) is 17.4 Å². The number of aromatic amines is 2. The minimum atomic E-state index is 0.252. The smallest absolute Gasteiger partial charge is 0.179 e. The zero-order valence-electron chi connectivity index (χ0n) is 11.2. The summed E-state index contributed by atoms with van der Waals surface area (Å²) >= 11 is 0. The number of hydrogen-bond acceptors (Lipinski definition) is 5. The highest BCUT2D eigenvalue weighted by Crippen LogP contribution is 2.26. The van der Waals surface area contributed by atoms with E-state index in [2.05, 4.69) is 31.3 Å². The molecular weight excluding hydrogens is 266 g/mol. The lowest BCUT2D eigenvalue weighted by molar-refractivity contribution is 0.476. The molecule has 1 aliphatic rings. The predicted octanol–water partition coefficient (Wildman–Crippen LogP) is 1.62. The lowest BCUT2D eigenvalue weighted by Gasteiger charge is -2.05. The van der Waals surface area contributed by atoms with Gasteiger partial charge in [0.15, 0.2) is 12.0 Å². The first-order valence-corrected chi connectivity index (χ1v) is 6.84. The van der Waals surface area contributed by atoms with E-state index < -0.39 is 0 Å². The number of rotatable bonds is 2. The van der Waals surface area contributed by atoms with E-state index in [1.165, 1.54) is 0 Å². The average molecular weight is 279 g/mol. The van der Waals surface area contributed by atoms with E-state index in [-0.39, 0.29) is 5.92 Å². The number of H-pyrrole nitrogens is 2. The highest BCUT2D eigenvalue weighted by atomic mass is 15.2. The van der Waals surface area contributed by atoms with Crippen LogP contribution in [0.25, 0.3) is 22.4 Å². The molecule has 0 radical (unpaired) electrons. The standard InChI is InChI=1S/C14H13N7/c15-7-21-4-3-10(6-21)14-18-13(19-20-14)9-1-2-11-12(5-9)17-8-16-11/h1-2,5,8,10H,3-4,6H2,(H,16,17)(H,18,19,20). The predicted molar refractivity (Wildman–Crippen MR) is 76.0 cm³/mol. The molecule has 21 heavy (non-hydrogen) atoms. The molecule has 1 atom stereocenters. The van der Waals surface area contributed by atoms with Crippen LogP contribution in [0, 0.1) is 11.5 Å². The van der Waals surface area contributed by atoms with Crippen molar-refractivity contribution >= 4 is 11.0 Å². The summed E-state index contributed by atoms with van der Waals surface area (Å²) < 4.78 is 0. The van der Waals surface area contributed by atoms with Crippen molar-refractivity contribution in [3.8, 4) is 17.6 Å². The largest absolute Gasteiger partial charge is 0.345 e. The van der Waals surface area contributed by atoms with Crippen molar-refractivity contribution in [1.82, 2.24) is 30.0 Å². The first kappa shape index (κ1) is 11.9. The molecule has 1 aliphatic heterocycles. The number of hydrogen-bond donors (Lipinski definition) is 2. The van der Waals surface area contributed by atoms with E-state index >= 15 is 0 Å². The van der Waals surface area contributed by atoms with Gasteiger partial charge in [-0.1, -0.05) is 0 Å². The van der Waals surface area contributed by atoms with Crippen LogP contribution in [0.1, 0.15) is 18.2 Å². The van der Waals surface area contributed by atoms with Gasteiger partial charge in [0.2, 0.25) is 0 Å². The Hall–Kier alpha value is -2.88. The molecule has 4 rings (SSSR count). The van der Waals surface area contributed by atoms with Gasteiger partial charge in [-0.2, -0.15) is 5.26 Å². The van der Waals surface area contributed by atoms with Gasteiger partial charge in [-0.05, 0) is 24.6 Å². The maximum absolute atomic E-state index is 8.91. The summed E-state index contributed by atoms with van der Waals surface area (Å²) in [5.41, 5.74) is 2.88. The van der Waals surface area contributed by atoms with Gasteiger partial charge < -0.3 is 14.9 Å². The highest BCUT2D eigenvalue weighted by Gasteiger charge is 2.26. The van der Waals surface area contributed by atoms with Crippen LogP contribution in [0.5, 0.6) is 0 Å². The molecule has 0 bridgehead atoms. The Kier molecular flexibility index (Phi) is 2.60. The first-order valence-electron chi connectivity index (χ1n) is 6.84. The average Bonchev–Trinajstić information content (AvgIpc) is 3.24. The SMILES string of the molecule is N#CN1CCC(c2nnc(-c3ccc4nc[nH]c4c3)[nH]2)C1. The Morgan fingerprint density at radius 1 is 1.33 bits per heavy atom. The van der Waals surface area contributed by atoms with Crippen LogP contribution in [-0.4, -0.2) is 43.1 Å². The lowest BCUT2D eigenvalue weighted by atomic mass is 10.1. The van der Waals surface area contributed by atoms with Crippen molar-refractivity contribution < 1.29 is 0 Å². The van der Waals surface area contributed by atoms with Crippen LogP contribution >= 0.6 is 0 Å². The number of benzene rings is 1. The number of nitriles is 1. The fourth-order valence-corrected chi connectivity index (χ4v) is 2.75. The third-order valence-electron chi connectivity index (χ3n) is 3.91. The third-order valence-corrected chi connectivity index (χ3v) is 3.91. The molecule has 104 valence electrons. The first-order chi connectivity index (χ1) is 10.3. The highest BCUT2D eigenvalue weighted by molar-refractivity contribution is 5.79. The van der Waals surface area contributed by atoms with Crippen molar-refractivity contribution in [1.29, 1.82) is 5.26 Å². The Balaban J connectivity index is 1.63. The molecule has 2 N–H and O–H groups in total. The maximum Gasteiger partial charge on any atom is 0.179 e. The minimum Gasteiger partial charge on any atom is -0.345 e. The summed E-state index contributed by atoms with van der Waals surface area (Å²) in [6.07, 6.45) is 4.79. The number of likely N-dealkylation sites (tertiary alicyclic amines) is 1. The Labute approximate surface area is 120 Å². The molecule has 7 nitrogen and oxygen atoms in total. The van der Waals surface area contributed by atoms with E-state index in [9.17, 15) is 0 Å². The summed E-state index contributed by atoms with van der Waals surface area (Å²) in [4.78, 5) is 12.3. The van der Waals surface area contributed by atoms with E-state index in [4.69, 9.17) is 5.26 Å². The summed E-state index contributed by atoms with van der Waals surface area (Å²) in [5.74, 6) is 1.85. The van der Waals surface area contributed by atoms with Gasteiger partial charge in [-0.3, -0.25) is 0 Å². The van der Waals surface area contributed by atoms with Crippen LogP contribution in [0.3, 0.4) is 0 Å². The van der Waals surface area contributed by atoms with Gasteiger partial charge in [-0.15, -0.1) is 10.2 Å². The van der Waals surface area contributed by atoms with Crippen molar-refractivity contribution in [3.63, 3.8) is 0 Å². The molecule has 1 aromatic carbocycles. The van der Waals surface area contributed by atoms with Crippen molar-refractivity contribution in [3.05, 3.63) is 30.4 Å². The van der Waals surface area contributed by atoms with Crippen molar-refractivity contribution in [2.45, 2.75) is 12.3 Å². The fraction of sp³-hybridized carbons (Fsp3) is 0.286. The van der Waals surface area contributed by atoms with Crippen LogP contribution < -0.4 is 0 Å². The van der Waals surface area contributed by atoms with Crippen molar-refractivity contribution in [2.24, 2.45) is 0 Å². The summed E-state index contributed by atoms with van der Waals surface area (Å²) in [6, 6.07) is 5.93. The molecule has 2 aromatic heterocycles. The second kappa shape index (κ2) is 4.59. The molecule has 0 aliphatic carbocycles. The van der Waals surface area contributed by atoms with Gasteiger partial charge in [-0.25, -0.2) is 4.98 Å². The number of imidazole rings is 1. The number of nitrogens with one attached hydrogen (secondary N) is 2. The van der Waals surface area contributed by atoms with E-state index in [1.807, 2.05) is 18.2 Å². The molecule has 1 saturated heterocycles. The zero-order valence-corrected chi connectivity index (χ0v) is 11.2. The molecule has 0 spiro atoms. The van der Waals surface area contributed by atoms with Crippen LogP contribution in [0.2, 0.25) is 0 Å². The summed E-state index contributed by atoms with van der Waals surface area (Å²) in [7, 11) is 0. The molecule has 3 aromatic rings. The summed E-state index contributed by atoms with van der Waals surface area (Å²) in [6.45, 7) is 1.50. The fourth-order valence-electron chi connectivity index (χ4n) is 2.75. The van der Waals surface area contributed by atoms with Crippen molar-refractivity contribution in [2.75, 3.05) is 13.1 Å². The number of aromatic nitrogens is 5. The molecular formula is C14H13N7. The maximum atomic E-state index is 8.91. The molecule has 3 heterocycles. The van der Waals surface area contributed by atoms with E-state index in [0.717, 1.165) is 41.2 Å². The monoisotopic (exact) mass is 279 g/mol. The Morgan fingerprint density at radius 3 is 3.14 bits per heavy atom. The third kappa shape index (κ3) is 2.01. The van der Waals surface area contributed by atoms with Gasteiger partial charge in [0.25, 0.3) is 0 Å². The molecule has 1 unspecified atom stereocenters. The van der Waals surface area contributed by atoms with E-state index in [0.29, 0.717) is 6.54 Å². The Morgan fingerprint density at radius 2 is 2.29 bits per heavy atom. The zero-order chi connectivity index (χ0) is 14.2. The Bertz CT molecular complexity index is 825. The normalized spacial score (nSPS) is 18.2. The van der Waals surface area contributed by atoms with Gasteiger partial charge in [0, 0.05) is 24.6 Å². The lowest BCUT2D eigenvalue weighted by Crippen LogP contribution is -2.13. The van der Waals surface area contributed by atoms with Gasteiger partial charge in [0.1, 0.15) is 5.82 Å². The molecule has 1 fully saturated rings. The number of fused-ring (bicyclic) bond motifs is 1.